The van der Waals surface area contributed by atoms with Crippen molar-refractivity contribution in [3.05, 3.63) is 0 Å². The van der Waals surface area contributed by atoms with E-state index in [4.69, 9.17) is 11.5 Å². The maximum atomic E-state index is 6.94. The zero-order chi connectivity index (χ0) is 16.4. The molecule has 4 aliphatic carbocycles. The summed E-state index contributed by atoms with van der Waals surface area (Å²) in [5.74, 6) is 4.38. The third-order valence-electron chi connectivity index (χ3n) is 9.40. The molecule has 9 atom stereocenters. The van der Waals surface area contributed by atoms with Gasteiger partial charge in [0, 0.05) is 12.1 Å². The van der Waals surface area contributed by atoms with E-state index in [0.29, 0.717) is 22.9 Å². The fourth-order valence-electron chi connectivity index (χ4n) is 8.33. The second kappa shape index (κ2) is 5.46. The van der Waals surface area contributed by atoms with Crippen molar-refractivity contribution in [2.45, 2.75) is 90.6 Å². The molecule has 4 saturated carbocycles. The Kier molecular flexibility index (Phi) is 3.89. The Bertz CT molecular complexity index is 463. The van der Waals surface area contributed by atoms with E-state index in [1.807, 2.05) is 0 Å². The second-order valence-corrected chi connectivity index (χ2v) is 10.2. The summed E-state index contributed by atoms with van der Waals surface area (Å²) in [6, 6.07) is 0.876. The summed E-state index contributed by atoms with van der Waals surface area (Å²) in [4.78, 5) is 0. The van der Waals surface area contributed by atoms with Crippen LogP contribution in [0.15, 0.2) is 0 Å². The van der Waals surface area contributed by atoms with E-state index >= 15 is 0 Å². The van der Waals surface area contributed by atoms with Gasteiger partial charge in [0.25, 0.3) is 0 Å². The molecule has 0 radical (unpaired) electrons. The van der Waals surface area contributed by atoms with E-state index < -0.39 is 0 Å². The van der Waals surface area contributed by atoms with Gasteiger partial charge >= 0.3 is 0 Å². The van der Waals surface area contributed by atoms with E-state index in [9.17, 15) is 0 Å². The SMILES string of the molecule is CC[C@H]1CC[C@H]2[C@@H]3CCC4C[C@H](N)CC[C@]4(C)[C@H]3[C@H](N)C[C@]12C. The number of hydrogen-bond acceptors (Lipinski definition) is 2. The highest BCUT2D eigenvalue weighted by Crippen LogP contribution is 2.67. The normalized spacial score (nSPS) is 59.1. The Morgan fingerprint density at radius 2 is 1.74 bits per heavy atom. The number of nitrogens with two attached hydrogens (primary N) is 2. The van der Waals surface area contributed by atoms with Crippen LogP contribution in [0.3, 0.4) is 0 Å². The molecule has 0 saturated heterocycles. The third-order valence-corrected chi connectivity index (χ3v) is 9.40. The van der Waals surface area contributed by atoms with Gasteiger partial charge in [-0.2, -0.15) is 0 Å². The molecular weight excluding hydrogens is 280 g/mol. The van der Waals surface area contributed by atoms with E-state index in [2.05, 4.69) is 20.8 Å². The van der Waals surface area contributed by atoms with Gasteiger partial charge < -0.3 is 11.5 Å². The van der Waals surface area contributed by atoms with Gasteiger partial charge in [-0.3, -0.25) is 0 Å². The summed E-state index contributed by atoms with van der Waals surface area (Å²) in [7, 11) is 0. The molecular formula is C21H38N2. The van der Waals surface area contributed by atoms with Gasteiger partial charge in [-0.1, -0.05) is 27.2 Å². The van der Waals surface area contributed by atoms with Crippen LogP contribution in [-0.4, -0.2) is 12.1 Å². The van der Waals surface area contributed by atoms with Crippen LogP contribution in [0.5, 0.6) is 0 Å². The predicted molar refractivity (Wildman–Crippen MR) is 96.8 cm³/mol. The lowest BCUT2D eigenvalue weighted by atomic mass is 9.43. The molecule has 4 fully saturated rings. The first-order valence-electron chi connectivity index (χ1n) is 10.4. The Hall–Kier alpha value is -0.0800. The van der Waals surface area contributed by atoms with Crippen LogP contribution in [0, 0.1) is 40.4 Å². The van der Waals surface area contributed by atoms with Crippen LogP contribution in [0.2, 0.25) is 0 Å². The molecule has 4 aliphatic rings. The van der Waals surface area contributed by atoms with Crippen molar-refractivity contribution < 1.29 is 0 Å². The fraction of sp³-hybridized carbons (Fsp3) is 1.00. The summed E-state index contributed by atoms with van der Waals surface area (Å²) in [6.45, 7) is 7.59. The second-order valence-electron chi connectivity index (χ2n) is 10.2. The summed E-state index contributed by atoms with van der Waals surface area (Å²) < 4.78 is 0. The fourth-order valence-corrected chi connectivity index (χ4v) is 8.33. The average Bonchev–Trinajstić information content (AvgIpc) is 2.83. The summed E-state index contributed by atoms with van der Waals surface area (Å²) in [5.41, 5.74) is 14.3. The summed E-state index contributed by atoms with van der Waals surface area (Å²) in [5, 5.41) is 0. The first-order chi connectivity index (χ1) is 10.9. The van der Waals surface area contributed by atoms with Crippen molar-refractivity contribution in [2.75, 3.05) is 0 Å². The molecule has 132 valence electrons. The Labute approximate surface area is 143 Å². The van der Waals surface area contributed by atoms with Crippen LogP contribution in [-0.2, 0) is 0 Å². The van der Waals surface area contributed by atoms with Crippen LogP contribution in [0.4, 0.5) is 0 Å². The monoisotopic (exact) mass is 318 g/mol. The molecule has 23 heavy (non-hydrogen) atoms. The molecule has 4 rings (SSSR count). The first kappa shape index (κ1) is 16.4. The van der Waals surface area contributed by atoms with E-state index in [0.717, 1.165) is 29.6 Å². The summed E-state index contributed by atoms with van der Waals surface area (Å²) >= 11 is 0. The standard InChI is InChI=1S/C21H38N2/c1-4-13-6-8-17-16-7-5-14-11-15(22)9-10-20(14,2)19(16)18(23)12-21(13,17)3/h13-19H,4-12,22-23H2,1-3H3/t13-,14?,15+,16-,17-,18+,19+,20-,21+/m0/s1. The van der Waals surface area contributed by atoms with Crippen molar-refractivity contribution >= 4 is 0 Å². The lowest BCUT2D eigenvalue weighted by Gasteiger charge is -2.63. The van der Waals surface area contributed by atoms with Crippen molar-refractivity contribution in [1.29, 1.82) is 0 Å². The van der Waals surface area contributed by atoms with Crippen LogP contribution < -0.4 is 11.5 Å². The first-order valence-corrected chi connectivity index (χ1v) is 10.4. The minimum absolute atomic E-state index is 0.426. The Morgan fingerprint density at radius 3 is 2.48 bits per heavy atom. The summed E-state index contributed by atoms with van der Waals surface area (Å²) in [6.07, 6.45) is 12.2. The van der Waals surface area contributed by atoms with Crippen molar-refractivity contribution in [3.8, 4) is 0 Å². The van der Waals surface area contributed by atoms with Crippen molar-refractivity contribution in [3.63, 3.8) is 0 Å². The molecule has 0 aromatic rings. The highest BCUT2D eigenvalue weighted by atomic mass is 14.8. The maximum absolute atomic E-state index is 6.94. The largest absolute Gasteiger partial charge is 0.328 e. The number of hydrogen-bond donors (Lipinski definition) is 2. The lowest BCUT2D eigenvalue weighted by Crippen LogP contribution is -2.61. The predicted octanol–water partition coefficient (Wildman–Crippen LogP) is 4.32. The quantitative estimate of drug-likeness (QED) is 0.756. The number of rotatable bonds is 1. The van der Waals surface area contributed by atoms with Gasteiger partial charge in [-0.15, -0.1) is 0 Å². The molecule has 0 amide bonds. The van der Waals surface area contributed by atoms with Gasteiger partial charge in [0.2, 0.25) is 0 Å². The van der Waals surface area contributed by atoms with Gasteiger partial charge in [-0.05, 0) is 91.8 Å². The Balaban J connectivity index is 1.66. The van der Waals surface area contributed by atoms with Crippen LogP contribution in [0.25, 0.3) is 0 Å². The molecule has 0 aromatic carbocycles. The lowest BCUT2D eigenvalue weighted by molar-refractivity contribution is -0.123. The number of fused-ring (bicyclic) bond motifs is 5. The molecule has 0 spiro atoms. The molecule has 2 nitrogen and oxygen atoms in total. The van der Waals surface area contributed by atoms with Crippen LogP contribution in [0.1, 0.15) is 78.6 Å². The molecule has 0 heterocycles. The van der Waals surface area contributed by atoms with Crippen molar-refractivity contribution in [1.82, 2.24) is 0 Å². The molecule has 0 aliphatic heterocycles. The molecule has 4 N–H and O–H groups in total. The average molecular weight is 319 g/mol. The van der Waals surface area contributed by atoms with Gasteiger partial charge in [0.05, 0.1) is 0 Å². The molecule has 0 aromatic heterocycles. The van der Waals surface area contributed by atoms with E-state index in [1.165, 1.54) is 57.8 Å². The van der Waals surface area contributed by atoms with E-state index in [1.54, 1.807) is 0 Å². The van der Waals surface area contributed by atoms with Gasteiger partial charge in [0.1, 0.15) is 0 Å². The maximum Gasteiger partial charge on any atom is 0.00806 e. The zero-order valence-corrected chi connectivity index (χ0v) is 15.6. The highest BCUT2D eigenvalue weighted by Gasteiger charge is 2.61. The topological polar surface area (TPSA) is 52.0 Å². The van der Waals surface area contributed by atoms with Gasteiger partial charge in [0.15, 0.2) is 0 Å². The smallest absolute Gasteiger partial charge is 0.00806 e. The molecule has 1 unspecified atom stereocenters. The minimum Gasteiger partial charge on any atom is -0.328 e. The highest BCUT2D eigenvalue weighted by molar-refractivity contribution is 5.12. The zero-order valence-electron chi connectivity index (χ0n) is 15.6. The molecule has 0 bridgehead atoms. The van der Waals surface area contributed by atoms with E-state index in [-0.39, 0.29) is 0 Å². The third kappa shape index (κ3) is 2.20. The van der Waals surface area contributed by atoms with Crippen LogP contribution >= 0.6 is 0 Å². The van der Waals surface area contributed by atoms with Gasteiger partial charge in [-0.25, -0.2) is 0 Å². The van der Waals surface area contributed by atoms with Crippen molar-refractivity contribution in [2.24, 2.45) is 51.9 Å². The Morgan fingerprint density at radius 1 is 0.957 bits per heavy atom. The molecule has 2 heteroatoms. The minimum atomic E-state index is 0.426.